The normalized spacial score (nSPS) is 13.0. The summed E-state index contributed by atoms with van der Waals surface area (Å²) in [4.78, 5) is 23.2. The number of benzene rings is 2. The Morgan fingerprint density at radius 1 is 1.14 bits per heavy atom. The monoisotopic (exact) mass is 380 g/mol. The Hall–Kier alpha value is -3.28. The number of hydrogen-bond donors (Lipinski definition) is 2. The Bertz CT molecular complexity index is 905. The van der Waals surface area contributed by atoms with Crippen LogP contribution in [0.4, 0.5) is 5.69 Å². The number of methoxy groups -OCH3 is 1. The Morgan fingerprint density at radius 3 is 2.75 bits per heavy atom. The largest absolute Gasteiger partial charge is 0.493 e. The summed E-state index contributed by atoms with van der Waals surface area (Å²) in [5.41, 5.74) is 9.32. The van der Waals surface area contributed by atoms with Crippen LogP contribution in [0.15, 0.2) is 42.5 Å². The first kappa shape index (κ1) is 19.5. The summed E-state index contributed by atoms with van der Waals surface area (Å²) < 4.78 is 10.6. The molecule has 6 heteroatoms. The van der Waals surface area contributed by atoms with Crippen LogP contribution in [0.25, 0.3) is 6.08 Å². The molecule has 1 aliphatic rings. The van der Waals surface area contributed by atoms with Crippen molar-refractivity contribution in [2.24, 2.45) is 5.73 Å². The first-order chi connectivity index (χ1) is 13.6. The second-order valence-corrected chi connectivity index (χ2v) is 6.64. The van der Waals surface area contributed by atoms with Gasteiger partial charge in [0.2, 0.25) is 5.91 Å². The summed E-state index contributed by atoms with van der Waals surface area (Å²) in [5.74, 6) is 0.123. The molecule has 0 aliphatic heterocycles. The molecule has 0 bridgehead atoms. The number of carbonyl (C=O) groups is 2. The number of primary amides is 1. The molecule has 6 nitrogen and oxygen atoms in total. The molecule has 1 aliphatic carbocycles. The molecule has 28 heavy (non-hydrogen) atoms. The number of aryl methyl sites for hydroxylation is 1. The van der Waals surface area contributed by atoms with Crippen molar-refractivity contribution >= 4 is 23.6 Å². The summed E-state index contributed by atoms with van der Waals surface area (Å²) in [6.45, 7) is -0.227. The van der Waals surface area contributed by atoms with Gasteiger partial charge >= 0.3 is 0 Å². The number of amides is 2. The quantitative estimate of drug-likeness (QED) is 0.722. The number of hydrogen-bond acceptors (Lipinski definition) is 4. The Labute approximate surface area is 164 Å². The fourth-order valence-corrected chi connectivity index (χ4v) is 3.30. The van der Waals surface area contributed by atoms with Crippen LogP contribution >= 0.6 is 0 Å². The van der Waals surface area contributed by atoms with Crippen molar-refractivity contribution in [1.82, 2.24) is 0 Å². The second kappa shape index (κ2) is 9.08. The maximum atomic E-state index is 12.4. The average molecular weight is 380 g/mol. The Kier molecular flexibility index (Phi) is 6.32. The highest BCUT2D eigenvalue weighted by atomic mass is 16.5. The van der Waals surface area contributed by atoms with Gasteiger partial charge in [0.25, 0.3) is 5.91 Å². The van der Waals surface area contributed by atoms with Gasteiger partial charge in [0.1, 0.15) is 0 Å². The van der Waals surface area contributed by atoms with Gasteiger partial charge in [-0.15, -0.1) is 0 Å². The molecule has 3 rings (SSSR count). The van der Waals surface area contributed by atoms with Crippen molar-refractivity contribution in [3.8, 4) is 11.5 Å². The van der Waals surface area contributed by atoms with E-state index >= 15 is 0 Å². The maximum absolute atomic E-state index is 12.4. The van der Waals surface area contributed by atoms with E-state index in [0.29, 0.717) is 11.5 Å². The Balaban J connectivity index is 1.68. The smallest absolute Gasteiger partial charge is 0.255 e. The van der Waals surface area contributed by atoms with E-state index in [1.165, 1.54) is 30.7 Å². The molecule has 0 saturated carbocycles. The van der Waals surface area contributed by atoms with Gasteiger partial charge in [0, 0.05) is 11.8 Å². The van der Waals surface area contributed by atoms with Crippen LogP contribution in [0, 0.1) is 0 Å². The van der Waals surface area contributed by atoms with E-state index in [0.717, 1.165) is 30.5 Å². The number of nitrogens with one attached hydrogen (secondary N) is 1. The van der Waals surface area contributed by atoms with Crippen LogP contribution in [0.2, 0.25) is 0 Å². The molecule has 146 valence electrons. The lowest BCUT2D eigenvalue weighted by Gasteiger charge is -2.19. The third kappa shape index (κ3) is 4.91. The van der Waals surface area contributed by atoms with Gasteiger partial charge in [-0.3, -0.25) is 9.59 Å². The zero-order valence-corrected chi connectivity index (χ0v) is 15.9. The van der Waals surface area contributed by atoms with Gasteiger partial charge < -0.3 is 20.5 Å². The first-order valence-electron chi connectivity index (χ1n) is 9.26. The SMILES string of the molecule is COc1cc(/C=C/C(=O)Nc2cccc3c2CCCC3)ccc1OCC(N)=O. The predicted octanol–water partition coefficient (Wildman–Crippen LogP) is 3.09. The topological polar surface area (TPSA) is 90.7 Å². The van der Waals surface area contributed by atoms with Crippen molar-refractivity contribution < 1.29 is 19.1 Å². The standard InChI is InChI=1S/C22H24N2O4/c1-27-20-13-15(9-11-19(20)28-14-21(23)25)10-12-22(26)24-18-8-4-6-16-5-2-3-7-17(16)18/h4,6,8-13H,2-3,5,7,14H2,1H3,(H2,23,25)(H,24,26)/b12-10+. The fraction of sp³-hybridized carbons (Fsp3) is 0.273. The summed E-state index contributed by atoms with van der Waals surface area (Å²) in [6, 6.07) is 11.2. The maximum Gasteiger partial charge on any atom is 0.255 e. The molecule has 0 spiro atoms. The number of anilines is 1. The van der Waals surface area contributed by atoms with Crippen molar-refractivity contribution in [2.45, 2.75) is 25.7 Å². The number of rotatable bonds is 7. The average Bonchev–Trinajstić information content (AvgIpc) is 2.71. The van der Waals surface area contributed by atoms with Crippen LogP contribution in [0.5, 0.6) is 11.5 Å². The highest BCUT2D eigenvalue weighted by Gasteiger charge is 2.13. The minimum atomic E-state index is -0.564. The van der Waals surface area contributed by atoms with E-state index in [1.54, 1.807) is 24.3 Å². The summed E-state index contributed by atoms with van der Waals surface area (Å²) in [7, 11) is 1.51. The molecule has 2 aromatic rings. The lowest BCUT2D eigenvalue weighted by Crippen LogP contribution is -2.20. The van der Waals surface area contributed by atoms with Crippen LogP contribution < -0.4 is 20.5 Å². The summed E-state index contributed by atoms with van der Waals surface area (Å²) in [6.07, 6.45) is 7.61. The van der Waals surface area contributed by atoms with Gasteiger partial charge in [-0.1, -0.05) is 18.2 Å². The second-order valence-electron chi connectivity index (χ2n) is 6.64. The molecule has 0 aromatic heterocycles. The van der Waals surface area contributed by atoms with E-state index in [4.69, 9.17) is 15.2 Å². The highest BCUT2D eigenvalue weighted by molar-refractivity contribution is 6.02. The van der Waals surface area contributed by atoms with Crippen molar-refractivity contribution in [3.63, 3.8) is 0 Å². The number of nitrogens with two attached hydrogens (primary N) is 1. The Morgan fingerprint density at radius 2 is 1.96 bits per heavy atom. The van der Waals surface area contributed by atoms with E-state index in [9.17, 15) is 9.59 Å². The highest BCUT2D eigenvalue weighted by Crippen LogP contribution is 2.29. The molecule has 0 fully saturated rings. The molecule has 0 saturated heterocycles. The van der Waals surface area contributed by atoms with Gasteiger partial charge in [-0.2, -0.15) is 0 Å². The summed E-state index contributed by atoms with van der Waals surface area (Å²) >= 11 is 0. The molecule has 2 amide bonds. The van der Waals surface area contributed by atoms with Crippen molar-refractivity contribution in [3.05, 3.63) is 59.2 Å². The molecule has 0 unspecified atom stereocenters. The lowest BCUT2D eigenvalue weighted by atomic mass is 9.90. The van der Waals surface area contributed by atoms with Gasteiger partial charge in [0.05, 0.1) is 7.11 Å². The first-order valence-corrected chi connectivity index (χ1v) is 9.26. The van der Waals surface area contributed by atoms with E-state index in [-0.39, 0.29) is 12.5 Å². The number of ether oxygens (including phenoxy) is 2. The van der Waals surface area contributed by atoms with Crippen LogP contribution in [-0.4, -0.2) is 25.5 Å². The van der Waals surface area contributed by atoms with Crippen LogP contribution in [0.1, 0.15) is 29.5 Å². The number of carbonyl (C=O) groups excluding carboxylic acids is 2. The predicted molar refractivity (Wildman–Crippen MR) is 108 cm³/mol. The van der Waals surface area contributed by atoms with Crippen LogP contribution in [0.3, 0.4) is 0 Å². The zero-order chi connectivity index (χ0) is 19.9. The minimum Gasteiger partial charge on any atom is -0.493 e. The summed E-state index contributed by atoms with van der Waals surface area (Å²) in [5, 5.41) is 2.98. The van der Waals surface area contributed by atoms with E-state index in [1.807, 2.05) is 12.1 Å². The minimum absolute atomic E-state index is 0.188. The third-order valence-corrected chi connectivity index (χ3v) is 4.64. The van der Waals surface area contributed by atoms with E-state index in [2.05, 4.69) is 11.4 Å². The molecule has 2 aromatic carbocycles. The van der Waals surface area contributed by atoms with E-state index < -0.39 is 5.91 Å². The molecule has 3 N–H and O–H groups in total. The molecular formula is C22H24N2O4. The molecule has 0 radical (unpaired) electrons. The van der Waals surface area contributed by atoms with Gasteiger partial charge in [-0.05, 0) is 66.6 Å². The van der Waals surface area contributed by atoms with Crippen molar-refractivity contribution in [1.29, 1.82) is 0 Å². The molecular weight excluding hydrogens is 356 g/mol. The van der Waals surface area contributed by atoms with Gasteiger partial charge in [0.15, 0.2) is 18.1 Å². The third-order valence-electron chi connectivity index (χ3n) is 4.64. The van der Waals surface area contributed by atoms with Crippen molar-refractivity contribution in [2.75, 3.05) is 19.0 Å². The fourth-order valence-electron chi connectivity index (χ4n) is 3.30. The molecule has 0 atom stereocenters. The lowest BCUT2D eigenvalue weighted by molar-refractivity contribution is -0.120. The molecule has 0 heterocycles. The van der Waals surface area contributed by atoms with Gasteiger partial charge in [-0.25, -0.2) is 0 Å². The number of fused-ring (bicyclic) bond motifs is 1. The zero-order valence-electron chi connectivity index (χ0n) is 15.9. The van der Waals surface area contributed by atoms with Crippen LogP contribution in [-0.2, 0) is 22.4 Å².